The quantitative estimate of drug-likeness (QED) is 0.750. The van der Waals surface area contributed by atoms with Crippen molar-refractivity contribution in [1.82, 2.24) is 0 Å². The number of piperidine rings is 2. The molecule has 0 aromatic heterocycles. The van der Waals surface area contributed by atoms with Gasteiger partial charge in [-0.2, -0.15) is 0 Å². The van der Waals surface area contributed by atoms with Crippen LogP contribution in [0.5, 0.6) is 0 Å². The van der Waals surface area contributed by atoms with Crippen LogP contribution >= 0.6 is 0 Å². The minimum Gasteiger partial charge on any atom is -0.466 e. The van der Waals surface area contributed by atoms with Crippen LogP contribution in [0.3, 0.4) is 0 Å². The predicted octanol–water partition coefficient (Wildman–Crippen LogP) is 0.0919. The molecule has 4 heteroatoms. The van der Waals surface area contributed by atoms with Crippen LogP contribution in [0.1, 0.15) is 38.2 Å². The molecule has 4 nitrogen and oxygen atoms in total. The van der Waals surface area contributed by atoms with Crippen molar-refractivity contribution in [3.8, 4) is 0 Å². The smallest absolute Gasteiger partial charge is 0.314 e. The third-order valence-electron chi connectivity index (χ3n) is 5.75. The van der Waals surface area contributed by atoms with Gasteiger partial charge in [0, 0.05) is 18.4 Å². The fourth-order valence-corrected chi connectivity index (χ4v) is 4.42. The van der Waals surface area contributed by atoms with E-state index in [0.717, 1.165) is 32.0 Å². The van der Waals surface area contributed by atoms with Crippen LogP contribution in [-0.2, 0) is 16.1 Å². The van der Waals surface area contributed by atoms with Gasteiger partial charge in [0.05, 0.1) is 38.8 Å². The van der Waals surface area contributed by atoms with E-state index in [1.54, 1.807) is 9.80 Å². The molecule has 1 aromatic rings. The molecular formula is C20H32N2O2+2. The second-order valence-corrected chi connectivity index (χ2v) is 7.39. The molecule has 2 heterocycles. The minimum atomic E-state index is 0.0295. The maximum Gasteiger partial charge on any atom is 0.314 e. The molecule has 0 saturated carbocycles. The molecule has 2 atom stereocenters. The van der Waals surface area contributed by atoms with E-state index >= 15 is 0 Å². The van der Waals surface area contributed by atoms with Crippen molar-refractivity contribution in [3.05, 3.63) is 35.9 Å². The van der Waals surface area contributed by atoms with Gasteiger partial charge < -0.3 is 14.5 Å². The molecule has 2 aliphatic heterocycles. The molecule has 2 N–H and O–H groups in total. The standard InChI is InChI=1S/C20H30N2O2/c1-2-24-20(23)18-9-6-12-22(16-18)19-10-13-21(14-11-19)15-17-7-4-3-5-8-17/h3-5,7-8,18-19H,2,6,9-16H2,1H3/p+2/t18-/m0/s1. The van der Waals surface area contributed by atoms with Gasteiger partial charge in [-0.3, -0.25) is 4.79 Å². The average Bonchev–Trinajstić information content (AvgIpc) is 2.63. The van der Waals surface area contributed by atoms with Gasteiger partial charge in [-0.25, -0.2) is 0 Å². The lowest BCUT2D eigenvalue weighted by atomic mass is 9.94. The molecule has 2 saturated heterocycles. The van der Waals surface area contributed by atoms with Crippen LogP contribution in [0.2, 0.25) is 0 Å². The van der Waals surface area contributed by atoms with Crippen molar-refractivity contribution < 1.29 is 19.3 Å². The van der Waals surface area contributed by atoms with Crippen LogP contribution < -0.4 is 9.80 Å². The van der Waals surface area contributed by atoms with Gasteiger partial charge in [0.1, 0.15) is 12.5 Å². The zero-order chi connectivity index (χ0) is 16.8. The number of hydrogen-bond donors (Lipinski definition) is 2. The number of carbonyl (C=O) groups is 1. The van der Waals surface area contributed by atoms with Crippen LogP contribution in [0, 0.1) is 5.92 Å². The predicted molar refractivity (Wildman–Crippen MR) is 93.9 cm³/mol. The molecule has 0 spiro atoms. The highest BCUT2D eigenvalue weighted by Gasteiger charge is 2.36. The van der Waals surface area contributed by atoms with Crippen molar-refractivity contribution in [1.29, 1.82) is 0 Å². The third-order valence-corrected chi connectivity index (χ3v) is 5.75. The van der Waals surface area contributed by atoms with E-state index in [1.807, 2.05) is 6.92 Å². The molecule has 2 fully saturated rings. The maximum atomic E-state index is 12.0. The normalized spacial score (nSPS) is 30.7. The summed E-state index contributed by atoms with van der Waals surface area (Å²) in [4.78, 5) is 15.4. The second-order valence-electron chi connectivity index (χ2n) is 7.39. The third kappa shape index (κ3) is 4.58. The lowest BCUT2D eigenvalue weighted by Crippen LogP contribution is -3.21. The Balaban J connectivity index is 1.46. The molecule has 132 valence electrons. The summed E-state index contributed by atoms with van der Waals surface area (Å²) in [5, 5.41) is 0. The Bertz CT molecular complexity index is 512. The summed E-state index contributed by atoms with van der Waals surface area (Å²) in [6, 6.07) is 11.6. The van der Waals surface area contributed by atoms with Gasteiger partial charge in [-0.1, -0.05) is 30.3 Å². The first-order valence-electron chi connectivity index (χ1n) is 9.65. The first-order valence-corrected chi connectivity index (χ1v) is 9.65. The van der Waals surface area contributed by atoms with E-state index in [9.17, 15) is 4.79 Å². The molecule has 1 aromatic carbocycles. The Morgan fingerprint density at radius 2 is 1.88 bits per heavy atom. The fourth-order valence-electron chi connectivity index (χ4n) is 4.42. The van der Waals surface area contributed by atoms with Crippen molar-refractivity contribution >= 4 is 5.97 Å². The summed E-state index contributed by atoms with van der Waals surface area (Å²) >= 11 is 0. The SMILES string of the molecule is CCOC(=O)[C@H]1CCC[NH+](C2CC[NH+](Cc3ccccc3)CC2)C1. The Morgan fingerprint density at radius 1 is 1.12 bits per heavy atom. The van der Waals surface area contributed by atoms with Gasteiger partial charge >= 0.3 is 5.97 Å². The van der Waals surface area contributed by atoms with Crippen LogP contribution in [0.4, 0.5) is 0 Å². The number of carbonyl (C=O) groups excluding carboxylic acids is 1. The summed E-state index contributed by atoms with van der Waals surface area (Å²) < 4.78 is 5.24. The number of benzene rings is 1. The van der Waals surface area contributed by atoms with E-state index in [0.29, 0.717) is 6.61 Å². The summed E-state index contributed by atoms with van der Waals surface area (Å²) in [6.45, 7) is 8.28. The molecular weight excluding hydrogens is 300 g/mol. The highest BCUT2D eigenvalue weighted by molar-refractivity contribution is 5.72. The topological polar surface area (TPSA) is 35.2 Å². The monoisotopic (exact) mass is 332 g/mol. The van der Waals surface area contributed by atoms with Crippen LogP contribution in [0.15, 0.2) is 30.3 Å². The number of likely N-dealkylation sites (tertiary alicyclic amines) is 2. The average molecular weight is 332 g/mol. The number of quaternary nitrogens is 2. The molecule has 1 unspecified atom stereocenters. The highest BCUT2D eigenvalue weighted by Crippen LogP contribution is 2.11. The van der Waals surface area contributed by atoms with Crippen molar-refractivity contribution in [2.45, 2.75) is 45.2 Å². The Kier molecular flexibility index (Phi) is 6.27. The van der Waals surface area contributed by atoms with Gasteiger partial charge in [-0.15, -0.1) is 0 Å². The molecule has 0 aliphatic carbocycles. The molecule has 0 bridgehead atoms. The number of esters is 1. The van der Waals surface area contributed by atoms with E-state index < -0.39 is 0 Å². The van der Waals surface area contributed by atoms with Gasteiger partial charge in [0.25, 0.3) is 0 Å². The lowest BCUT2D eigenvalue weighted by Gasteiger charge is -2.38. The van der Waals surface area contributed by atoms with Crippen LogP contribution in [0.25, 0.3) is 0 Å². The molecule has 0 amide bonds. The number of ether oxygens (including phenoxy) is 1. The first kappa shape index (κ1) is 17.4. The molecule has 3 rings (SSSR count). The Hall–Kier alpha value is -1.39. The zero-order valence-electron chi connectivity index (χ0n) is 14.9. The first-order chi connectivity index (χ1) is 11.8. The zero-order valence-corrected chi connectivity index (χ0v) is 14.9. The second kappa shape index (κ2) is 8.63. The number of rotatable bonds is 5. The van der Waals surface area contributed by atoms with Crippen molar-refractivity contribution in [3.63, 3.8) is 0 Å². The van der Waals surface area contributed by atoms with Gasteiger partial charge in [-0.05, 0) is 19.8 Å². The van der Waals surface area contributed by atoms with E-state index in [1.165, 1.54) is 38.0 Å². The summed E-state index contributed by atoms with van der Waals surface area (Å²) in [7, 11) is 0. The largest absolute Gasteiger partial charge is 0.466 e. The van der Waals surface area contributed by atoms with E-state index in [2.05, 4.69) is 30.3 Å². The Labute approximate surface area is 145 Å². The van der Waals surface area contributed by atoms with Crippen LogP contribution in [-0.4, -0.2) is 44.8 Å². The lowest BCUT2D eigenvalue weighted by molar-refractivity contribution is -0.967. The molecule has 24 heavy (non-hydrogen) atoms. The maximum absolute atomic E-state index is 12.0. The highest BCUT2D eigenvalue weighted by atomic mass is 16.5. The molecule has 0 radical (unpaired) electrons. The van der Waals surface area contributed by atoms with Gasteiger partial charge in [0.15, 0.2) is 0 Å². The number of nitrogens with one attached hydrogen (secondary N) is 2. The fraction of sp³-hybridized carbons (Fsp3) is 0.650. The Morgan fingerprint density at radius 3 is 2.58 bits per heavy atom. The van der Waals surface area contributed by atoms with E-state index in [-0.39, 0.29) is 11.9 Å². The van der Waals surface area contributed by atoms with E-state index in [4.69, 9.17) is 4.74 Å². The summed E-state index contributed by atoms with van der Waals surface area (Å²) in [5.74, 6) is 0.158. The minimum absolute atomic E-state index is 0.0295. The summed E-state index contributed by atoms with van der Waals surface area (Å²) in [5.41, 5.74) is 1.44. The number of hydrogen-bond acceptors (Lipinski definition) is 2. The molecule has 2 aliphatic rings. The van der Waals surface area contributed by atoms with Crippen molar-refractivity contribution in [2.75, 3.05) is 32.8 Å². The van der Waals surface area contributed by atoms with Crippen molar-refractivity contribution in [2.24, 2.45) is 5.92 Å². The van der Waals surface area contributed by atoms with Gasteiger partial charge in [0.2, 0.25) is 0 Å². The summed E-state index contributed by atoms with van der Waals surface area (Å²) in [6.07, 6.45) is 4.75.